The highest BCUT2D eigenvalue weighted by atomic mass is 16.7. The summed E-state index contributed by atoms with van der Waals surface area (Å²) in [6.45, 7) is 3.91. The third kappa shape index (κ3) is 2.90. The average Bonchev–Trinajstić information content (AvgIpc) is 3.30. The first-order valence-electron chi connectivity index (χ1n) is 7.67. The molecule has 0 spiro atoms. The highest BCUT2D eigenvalue weighted by molar-refractivity contribution is 5.00. The van der Waals surface area contributed by atoms with E-state index in [0.717, 1.165) is 0 Å². The van der Waals surface area contributed by atoms with Gasteiger partial charge in [-0.05, 0) is 6.92 Å². The molecule has 4 unspecified atom stereocenters. The van der Waals surface area contributed by atoms with Crippen LogP contribution in [0.4, 0.5) is 0 Å². The largest absolute Gasteiger partial charge is 0.394 e. The third-order valence-electron chi connectivity index (χ3n) is 4.67. The number of aliphatic hydroxyl groups is 4. The van der Waals surface area contributed by atoms with Crippen molar-refractivity contribution in [1.82, 2.24) is 0 Å². The minimum Gasteiger partial charge on any atom is -0.394 e. The number of aliphatic hydroxyl groups excluding tert-OH is 4. The molecule has 0 aromatic carbocycles. The maximum absolute atomic E-state index is 10.0. The molecule has 0 aromatic rings. The molecule has 3 aliphatic rings. The molecule has 0 aliphatic carbocycles. The molecule has 4 N–H and O–H groups in total. The lowest BCUT2D eigenvalue weighted by molar-refractivity contribution is -0.316. The van der Waals surface area contributed by atoms with Gasteiger partial charge in [-0.25, -0.2) is 0 Å². The van der Waals surface area contributed by atoms with Crippen LogP contribution >= 0.6 is 0 Å². The molecule has 8 heteroatoms. The van der Waals surface area contributed by atoms with E-state index < -0.39 is 37.3 Å². The van der Waals surface area contributed by atoms with E-state index in [1.165, 1.54) is 0 Å². The zero-order valence-electron chi connectivity index (χ0n) is 12.6. The van der Waals surface area contributed by atoms with Crippen LogP contribution in [-0.2, 0) is 18.9 Å². The number of hydrogen-bond donors (Lipinski definition) is 4. The number of rotatable bonds is 3. The van der Waals surface area contributed by atoms with Crippen LogP contribution in [0.5, 0.6) is 0 Å². The third-order valence-corrected chi connectivity index (χ3v) is 4.67. The molecule has 0 bridgehead atoms. The van der Waals surface area contributed by atoms with Crippen molar-refractivity contribution in [3.8, 4) is 0 Å². The van der Waals surface area contributed by atoms with Gasteiger partial charge in [-0.3, -0.25) is 0 Å². The fourth-order valence-electron chi connectivity index (χ4n) is 3.14. The maximum atomic E-state index is 10.0. The monoisotopic (exact) mass is 320 g/mol. The molecule has 3 saturated heterocycles. The van der Waals surface area contributed by atoms with Crippen molar-refractivity contribution in [2.75, 3.05) is 13.2 Å². The Balaban J connectivity index is 1.68. The predicted molar refractivity (Wildman–Crippen MR) is 71.9 cm³/mol. The Kier molecular flexibility index (Phi) is 4.73. The van der Waals surface area contributed by atoms with E-state index >= 15 is 0 Å². The maximum Gasteiger partial charge on any atom is 0.187 e. The molecule has 3 aliphatic heterocycles. The van der Waals surface area contributed by atoms with Crippen molar-refractivity contribution < 1.29 is 39.4 Å². The molecular weight excluding hydrogens is 296 g/mol. The highest BCUT2D eigenvalue weighted by Gasteiger charge is 2.55. The van der Waals surface area contributed by atoms with Crippen LogP contribution in [0.1, 0.15) is 13.8 Å². The molecule has 3 fully saturated rings. The van der Waals surface area contributed by atoms with Gasteiger partial charge in [-0.2, -0.15) is 0 Å². The van der Waals surface area contributed by atoms with Crippen LogP contribution in [0, 0.1) is 5.92 Å². The van der Waals surface area contributed by atoms with Crippen molar-refractivity contribution in [3.63, 3.8) is 0 Å². The normalized spacial score (nSPS) is 55.4. The van der Waals surface area contributed by atoms with Crippen LogP contribution < -0.4 is 0 Å². The lowest BCUT2D eigenvalue weighted by Crippen LogP contribution is -2.60. The minimum atomic E-state index is -1.44. The first kappa shape index (κ1) is 16.5. The van der Waals surface area contributed by atoms with Crippen LogP contribution in [0.15, 0.2) is 0 Å². The Morgan fingerprint density at radius 2 is 1.73 bits per heavy atom. The fraction of sp³-hybridized carbons (Fsp3) is 1.00. The highest BCUT2D eigenvalue weighted by Crippen LogP contribution is 2.39. The van der Waals surface area contributed by atoms with Crippen molar-refractivity contribution >= 4 is 0 Å². The van der Waals surface area contributed by atoms with Gasteiger partial charge >= 0.3 is 0 Å². The minimum absolute atomic E-state index is 0.0177. The molecule has 10 atom stereocenters. The van der Waals surface area contributed by atoms with Crippen LogP contribution in [-0.4, -0.2) is 88.8 Å². The van der Waals surface area contributed by atoms with E-state index in [-0.39, 0.29) is 30.3 Å². The molecular formula is C14H24O8. The Morgan fingerprint density at radius 1 is 1.00 bits per heavy atom. The molecule has 3 rings (SSSR count). The van der Waals surface area contributed by atoms with E-state index in [4.69, 9.17) is 18.9 Å². The van der Waals surface area contributed by atoms with Gasteiger partial charge in [0.25, 0.3) is 0 Å². The quantitative estimate of drug-likeness (QED) is 0.440. The molecule has 0 aromatic heterocycles. The smallest absolute Gasteiger partial charge is 0.187 e. The van der Waals surface area contributed by atoms with Gasteiger partial charge < -0.3 is 39.4 Å². The van der Waals surface area contributed by atoms with E-state index in [1.54, 1.807) is 0 Å². The number of hydrogen-bond acceptors (Lipinski definition) is 8. The molecule has 3 heterocycles. The van der Waals surface area contributed by atoms with E-state index in [0.29, 0.717) is 6.61 Å². The van der Waals surface area contributed by atoms with Gasteiger partial charge in [0.05, 0.1) is 25.4 Å². The van der Waals surface area contributed by atoms with Crippen molar-refractivity contribution in [2.45, 2.75) is 69.0 Å². The fourth-order valence-corrected chi connectivity index (χ4v) is 3.14. The summed E-state index contributed by atoms with van der Waals surface area (Å²) in [5.41, 5.74) is 0. The zero-order chi connectivity index (χ0) is 16.0. The van der Waals surface area contributed by atoms with Crippen LogP contribution in [0.3, 0.4) is 0 Å². The van der Waals surface area contributed by atoms with Gasteiger partial charge in [0.1, 0.15) is 36.6 Å². The van der Waals surface area contributed by atoms with E-state index in [2.05, 4.69) is 0 Å². The Hall–Kier alpha value is -0.320. The number of ether oxygens (including phenoxy) is 4. The molecule has 22 heavy (non-hydrogen) atoms. The summed E-state index contributed by atoms with van der Waals surface area (Å²) in [7, 11) is 0. The summed E-state index contributed by atoms with van der Waals surface area (Å²) < 4.78 is 22.5. The predicted octanol–water partition coefficient (Wildman–Crippen LogP) is -2.01. The SMILES string of the molecule is CC1CO[C@H](C)[C@@H]2OC2[C@@H]1O[C@@H]1OC(CO)[C@@H](O)C(O)[C@@H]1O. The summed E-state index contributed by atoms with van der Waals surface area (Å²) in [6.07, 6.45) is -6.89. The Bertz CT molecular complexity index is 391. The molecule has 0 amide bonds. The van der Waals surface area contributed by atoms with E-state index in [9.17, 15) is 20.4 Å². The van der Waals surface area contributed by atoms with E-state index in [1.807, 2.05) is 13.8 Å². The second-order valence-electron chi connectivity index (χ2n) is 6.38. The Morgan fingerprint density at radius 3 is 2.41 bits per heavy atom. The van der Waals surface area contributed by atoms with Crippen molar-refractivity contribution in [1.29, 1.82) is 0 Å². The summed E-state index contributed by atoms with van der Waals surface area (Å²) in [5, 5.41) is 38.8. The molecule has 128 valence electrons. The first-order valence-corrected chi connectivity index (χ1v) is 7.67. The van der Waals surface area contributed by atoms with Gasteiger partial charge in [-0.15, -0.1) is 0 Å². The zero-order valence-corrected chi connectivity index (χ0v) is 12.6. The van der Waals surface area contributed by atoms with Gasteiger partial charge in [-0.1, -0.05) is 6.92 Å². The topological polar surface area (TPSA) is 121 Å². The second-order valence-corrected chi connectivity index (χ2v) is 6.38. The van der Waals surface area contributed by atoms with Gasteiger partial charge in [0, 0.05) is 5.92 Å². The summed E-state index contributed by atoms with van der Waals surface area (Å²) >= 11 is 0. The van der Waals surface area contributed by atoms with Gasteiger partial charge in [0.15, 0.2) is 6.29 Å². The molecule has 0 saturated carbocycles. The molecule has 0 radical (unpaired) electrons. The van der Waals surface area contributed by atoms with Crippen molar-refractivity contribution in [2.24, 2.45) is 5.92 Å². The number of fused-ring (bicyclic) bond motifs is 1. The van der Waals surface area contributed by atoms with Crippen molar-refractivity contribution in [3.05, 3.63) is 0 Å². The molecule has 8 nitrogen and oxygen atoms in total. The second kappa shape index (κ2) is 6.29. The lowest BCUT2D eigenvalue weighted by Gasteiger charge is -2.41. The summed E-state index contributed by atoms with van der Waals surface area (Å²) in [5.74, 6) is 0.0207. The average molecular weight is 320 g/mol. The van der Waals surface area contributed by atoms with Crippen LogP contribution in [0.25, 0.3) is 0 Å². The standard InChI is InChI=1S/C14H24O8/c1-5-4-19-6(2)12-13(21-12)11(5)22-14-10(18)9(17)8(16)7(3-15)20-14/h5-18H,3-4H2,1-2H3/t5?,6-,7?,8-,9?,10+,11-,12+,13?,14+/m1/s1. The number of epoxide rings is 1. The summed E-state index contributed by atoms with van der Waals surface area (Å²) in [4.78, 5) is 0. The Labute approximate surface area is 128 Å². The summed E-state index contributed by atoms with van der Waals surface area (Å²) in [6, 6.07) is 0. The van der Waals surface area contributed by atoms with Gasteiger partial charge in [0.2, 0.25) is 0 Å². The first-order chi connectivity index (χ1) is 10.4. The van der Waals surface area contributed by atoms with Crippen LogP contribution in [0.2, 0.25) is 0 Å². The lowest BCUT2D eigenvalue weighted by atomic mass is 9.98.